The van der Waals surface area contributed by atoms with E-state index in [2.05, 4.69) is 5.32 Å². The number of rotatable bonds is 7. The lowest BCUT2D eigenvalue weighted by Gasteiger charge is -2.35. The summed E-state index contributed by atoms with van der Waals surface area (Å²) in [5.41, 5.74) is 0.697. The van der Waals surface area contributed by atoms with Crippen molar-refractivity contribution in [1.29, 1.82) is 0 Å². The molecule has 2 aromatic rings. The van der Waals surface area contributed by atoms with E-state index in [9.17, 15) is 18.0 Å². The Labute approximate surface area is 201 Å². The summed E-state index contributed by atoms with van der Waals surface area (Å²) in [6.07, 6.45) is 0.501. The fraction of sp³-hybridized carbons (Fsp3) is 0.440. The maximum absolute atomic E-state index is 13.6. The Bertz CT molecular complexity index is 1140. The molecule has 2 fully saturated rings. The van der Waals surface area contributed by atoms with E-state index in [1.54, 1.807) is 24.3 Å². The van der Waals surface area contributed by atoms with Crippen molar-refractivity contribution in [2.75, 3.05) is 32.8 Å². The minimum atomic E-state index is -3.57. The lowest BCUT2D eigenvalue weighted by molar-refractivity contribution is -0.134. The number of aryl methyl sites for hydroxylation is 1. The number of piperazine rings is 1. The topological polar surface area (TPSA) is 90.0 Å². The second-order valence-electron chi connectivity index (χ2n) is 9.51. The first kappa shape index (κ1) is 24.4. The van der Waals surface area contributed by atoms with Gasteiger partial charge in [-0.1, -0.05) is 61.9 Å². The Morgan fingerprint density at radius 2 is 1.56 bits per heavy atom. The number of urea groups is 1. The summed E-state index contributed by atoms with van der Waals surface area (Å²) >= 11 is 0. The quantitative estimate of drug-likeness (QED) is 0.611. The number of sulfonamides is 1. The number of carbonyl (C=O) groups is 2. The molecule has 0 saturated carbocycles. The van der Waals surface area contributed by atoms with Crippen LogP contribution in [0, 0.1) is 12.8 Å². The molecule has 2 aliphatic rings. The number of amides is 3. The van der Waals surface area contributed by atoms with E-state index in [-0.39, 0.29) is 23.4 Å². The molecule has 1 N–H and O–H groups in total. The second kappa shape index (κ2) is 9.48. The fourth-order valence-corrected chi connectivity index (χ4v) is 6.13. The van der Waals surface area contributed by atoms with Crippen LogP contribution in [0.15, 0.2) is 59.5 Å². The van der Waals surface area contributed by atoms with Crippen molar-refractivity contribution in [2.24, 2.45) is 5.92 Å². The molecule has 0 aromatic heterocycles. The normalized spacial score (nSPS) is 22.4. The molecular formula is C25H32N4O4S. The van der Waals surface area contributed by atoms with Crippen LogP contribution in [0.2, 0.25) is 0 Å². The van der Waals surface area contributed by atoms with Gasteiger partial charge in [0.1, 0.15) is 5.54 Å². The number of nitrogens with one attached hydrogen (secondary N) is 1. The third-order valence-electron chi connectivity index (χ3n) is 6.49. The highest BCUT2D eigenvalue weighted by atomic mass is 32.2. The van der Waals surface area contributed by atoms with Crippen LogP contribution in [0.1, 0.15) is 31.4 Å². The zero-order chi connectivity index (χ0) is 24.5. The minimum Gasteiger partial charge on any atom is -0.319 e. The Morgan fingerprint density at radius 3 is 2.15 bits per heavy atom. The molecule has 1 unspecified atom stereocenters. The van der Waals surface area contributed by atoms with Crippen molar-refractivity contribution in [1.82, 2.24) is 19.4 Å². The van der Waals surface area contributed by atoms with E-state index in [1.165, 1.54) is 9.21 Å². The average Bonchev–Trinajstić information content (AvgIpc) is 3.05. The van der Waals surface area contributed by atoms with Crippen LogP contribution in [-0.2, 0) is 20.4 Å². The monoisotopic (exact) mass is 484 g/mol. The highest BCUT2D eigenvalue weighted by Crippen LogP contribution is 2.35. The molecule has 0 aliphatic carbocycles. The predicted molar refractivity (Wildman–Crippen MR) is 129 cm³/mol. The molecule has 9 heteroatoms. The number of benzene rings is 2. The first-order chi connectivity index (χ1) is 16.1. The molecule has 182 valence electrons. The van der Waals surface area contributed by atoms with Crippen LogP contribution in [0.25, 0.3) is 0 Å². The van der Waals surface area contributed by atoms with E-state index in [4.69, 9.17) is 0 Å². The first-order valence-electron chi connectivity index (χ1n) is 11.6. The highest BCUT2D eigenvalue weighted by Gasteiger charge is 2.52. The molecule has 8 nitrogen and oxygen atoms in total. The molecule has 34 heavy (non-hydrogen) atoms. The van der Waals surface area contributed by atoms with Crippen molar-refractivity contribution in [3.8, 4) is 0 Å². The van der Waals surface area contributed by atoms with Crippen LogP contribution >= 0.6 is 0 Å². The summed E-state index contributed by atoms with van der Waals surface area (Å²) in [5.74, 6) is -0.0629. The SMILES string of the molecule is Cc1ccc(S(=O)(=O)N2CCN(CN3C(=O)NC(CC(C)C)(c4ccccc4)C3=O)CC2)cc1. The molecule has 3 amide bonds. The highest BCUT2D eigenvalue weighted by molar-refractivity contribution is 7.89. The summed E-state index contributed by atoms with van der Waals surface area (Å²) in [5, 5.41) is 2.97. The Hall–Kier alpha value is -2.75. The van der Waals surface area contributed by atoms with E-state index in [0.717, 1.165) is 11.1 Å². The van der Waals surface area contributed by atoms with Gasteiger partial charge in [0.25, 0.3) is 5.91 Å². The van der Waals surface area contributed by atoms with Gasteiger partial charge in [-0.15, -0.1) is 0 Å². The zero-order valence-corrected chi connectivity index (χ0v) is 20.7. The fourth-order valence-electron chi connectivity index (χ4n) is 4.71. The summed E-state index contributed by atoms with van der Waals surface area (Å²) in [7, 11) is -3.57. The first-order valence-corrected chi connectivity index (χ1v) is 13.1. The summed E-state index contributed by atoms with van der Waals surface area (Å²) < 4.78 is 27.4. The van der Waals surface area contributed by atoms with Gasteiger partial charge in [-0.05, 0) is 37.0 Å². The van der Waals surface area contributed by atoms with Gasteiger partial charge >= 0.3 is 6.03 Å². The lowest BCUT2D eigenvalue weighted by atomic mass is 9.82. The van der Waals surface area contributed by atoms with E-state index < -0.39 is 21.6 Å². The molecule has 2 aliphatic heterocycles. The number of nitrogens with zero attached hydrogens (tertiary/aromatic N) is 3. The van der Waals surface area contributed by atoms with Gasteiger partial charge in [-0.2, -0.15) is 4.31 Å². The Morgan fingerprint density at radius 1 is 0.941 bits per heavy atom. The largest absolute Gasteiger partial charge is 0.326 e. The summed E-state index contributed by atoms with van der Waals surface area (Å²) in [4.78, 5) is 30.0. The van der Waals surface area contributed by atoms with Crippen molar-refractivity contribution < 1.29 is 18.0 Å². The molecular weight excluding hydrogens is 452 g/mol. The molecule has 0 radical (unpaired) electrons. The van der Waals surface area contributed by atoms with E-state index in [1.807, 2.05) is 56.0 Å². The van der Waals surface area contributed by atoms with Crippen LogP contribution in [0.5, 0.6) is 0 Å². The van der Waals surface area contributed by atoms with Crippen molar-refractivity contribution in [3.63, 3.8) is 0 Å². The number of imide groups is 1. The van der Waals surface area contributed by atoms with Gasteiger partial charge in [0, 0.05) is 26.2 Å². The van der Waals surface area contributed by atoms with Crippen LogP contribution in [0.4, 0.5) is 4.79 Å². The number of hydrogen-bond acceptors (Lipinski definition) is 5. The van der Waals surface area contributed by atoms with Gasteiger partial charge in [0.2, 0.25) is 10.0 Å². The molecule has 1 atom stereocenters. The van der Waals surface area contributed by atoms with E-state index >= 15 is 0 Å². The van der Waals surface area contributed by atoms with Crippen molar-refractivity contribution >= 4 is 22.0 Å². The maximum atomic E-state index is 13.6. The molecule has 0 bridgehead atoms. The van der Waals surface area contributed by atoms with Gasteiger partial charge in [0.05, 0.1) is 11.6 Å². The number of carbonyl (C=O) groups excluding carboxylic acids is 2. The standard InChI is InChI=1S/C25H32N4O4S/c1-19(2)17-25(21-7-5-4-6-8-21)23(30)29(24(31)26-25)18-27-13-15-28(16-14-27)34(32,33)22-11-9-20(3)10-12-22/h4-12,19H,13-18H2,1-3H3,(H,26,31). The van der Waals surface area contributed by atoms with Gasteiger partial charge in [-0.25, -0.2) is 18.1 Å². The third-order valence-corrected chi connectivity index (χ3v) is 8.40. The van der Waals surface area contributed by atoms with Crippen molar-refractivity contribution in [2.45, 2.75) is 37.6 Å². The molecule has 4 rings (SSSR count). The summed E-state index contributed by atoms with van der Waals surface area (Å²) in [6.45, 7) is 7.58. The van der Waals surface area contributed by atoms with Crippen molar-refractivity contribution in [3.05, 3.63) is 65.7 Å². The molecule has 2 heterocycles. The van der Waals surface area contributed by atoms with Gasteiger partial charge in [0.15, 0.2) is 0 Å². The zero-order valence-electron chi connectivity index (χ0n) is 19.9. The van der Waals surface area contributed by atoms with Gasteiger partial charge in [-0.3, -0.25) is 9.69 Å². The number of hydrogen-bond donors (Lipinski definition) is 1. The maximum Gasteiger partial charge on any atom is 0.326 e. The Balaban J connectivity index is 1.45. The van der Waals surface area contributed by atoms with Crippen LogP contribution in [0.3, 0.4) is 0 Å². The van der Waals surface area contributed by atoms with Gasteiger partial charge < -0.3 is 5.32 Å². The van der Waals surface area contributed by atoms with E-state index in [0.29, 0.717) is 32.6 Å². The smallest absolute Gasteiger partial charge is 0.319 e. The van der Waals surface area contributed by atoms with Crippen LogP contribution in [-0.4, -0.2) is 67.3 Å². The predicted octanol–water partition coefficient (Wildman–Crippen LogP) is 2.75. The summed E-state index contributed by atoms with van der Waals surface area (Å²) in [6, 6.07) is 15.8. The third kappa shape index (κ3) is 4.60. The average molecular weight is 485 g/mol. The molecule has 2 saturated heterocycles. The Kier molecular flexibility index (Phi) is 6.80. The minimum absolute atomic E-state index is 0.135. The van der Waals surface area contributed by atoms with Crippen LogP contribution < -0.4 is 5.32 Å². The molecule has 0 spiro atoms. The lowest BCUT2D eigenvalue weighted by Crippen LogP contribution is -2.53. The second-order valence-corrected chi connectivity index (χ2v) is 11.4. The molecule has 2 aromatic carbocycles.